The number of rotatable bonds is 9. The Kier molecular flexibility index (Phi) is 7.60. The number of carbonyl (C=O) groups is 1. The van der Waals surface area contributed by atoms with Crippen molar-refractivity contribution in [3.8, 4) is 5.75 Å². The summed E-state index contributed by atoms with van der Waals surface area (Å²) in [5, 5.41) is 2.97. The summed E-state index contributed by atoms with van der Waals surface area (Å²) in [6.45, 7) is 4.31. The average molecular weight is 405 g/mol. The van der Waals surface area contributed by atoms with Crippen LogP contribution < -0.4 is 10.1 Å². The maximum absolute atomic E-state index is 12.3. The SMILES string of the molecule is CCc1cccc(CC)c1NC(=O)COc1ccc(CN(C)S(C)(=O)=O)cc1. The quantitative estimate of drug-likeness (QED) is 0.696. The van der Waals surface area contributed by atoms with Crippen LogP contribution in [0.2, 0.25) is 0 Å². The van der Waals surface area contributed by atoms with Crippen molar-refractivity contribution in [2.75, 3.05) is 25.2 Å². The van der Waals surface area contributed by atoms with Gasteiger partial charge in [0.1, 0.15) is 5.75 Å². The van der Waals surface area contributed by atoms with Gasteiger partial charge >= 0.3 is 0 Å². The van der Waals surface area contributed by atoms with Crippen molar-refractivity contribution in [1.29, 1.82) is 0 Å². The fourth-order valence-electron chi connectivity index (χ4n) is 2.79. The van der Waals surface area contributed by atoms with Gasteiger partial charge in [0.15, 0.2) is 6.61 Å². The first-order valence-electron chi connectivity index (χ1n) is 9.28. The lowest BCUT2D eigenvalue weighted by atomic mass is 10.0. The number of sulfonamides is 1. The highest BCUT2D eigenvalue weighted by Crippen LogP contribution is 2.22. The van der Waals surface area contributed by atoms with Crippen LogP contribution in [0.4, 0.5) is 5.69 Å². The Balaban J connectivity index is 1.95. The second-order valence-corrected chi connectivity index (χ2v) is 8.75. The molecule has 0 aliphatic heterocycles. The first-order valence-corrected chi connectivity index (χ1v) is 11.1. The van der Waals surface area contributed by atoms with Gasteiger partial charge < -0.3 is 10.1 Å². The summed E-state index contributed by atoms with van der Waals surface area (Å²) in [6.07, 6.45) is 2.85. The van der Waals surface area contributed by atoms with Crippen molar-refractivity contribution in [2.45, 2.75) is 33.2 Å². The third kappa shape index (κ3) is 6.07. The van der Waals surface area contributed by atoms with Crippen LogP contribution in [0.25, 0.3) is 0 Å². The van der Waals surface area contributed by atoms with Gasteiger partial charge in [-0.1, -0.05) is 44.2 Å². The Morgan fingerprint density at radius 3 is 2.11 bits per heavy atom. The average Bonchev–Trinajstić information content (AvgIpc) is 2.66. The van der Waals surface area contributed by atoms with E-state index >= 15 is 0 Å². The van der Waals surface area contributed by atoms with E-state index in [9.17, 15) is 13.2 Å². The van der Waals surface area contributed by atoms with Gasteiger partial charge in [-0.25, -0.2) is 12.7 Å². The van der Waals surface area contributed by atoms with Crippen LogP contribution in [0.5, 0.6) is 5.75 Å². The summed E-state index contributed by atoms with van der Waals surface area (Å²) in [7, 11) is -1.69. The van der Waals surface area contributed by atoms with E-state index in [1.165, 1.54) is 17.6 Å². The molecule has 0 aromatic heterocycles. The predicted octanol–water partition coefficient (Wildman–Crippen LogP) is 3.22. The van der Waals surface area contributed by atoms with E-state index < -0.39 is 10.0 Å². The molecule has 0 saturated heterocycles. The summed E-state index contributed by atoms with van der Waals surface area (Å²) in [6, 6.07) is 13.1. The highest BCUT2D eigenvalue weighted by molar-refractivity contribution is 7.88. The number of anilines is 1. The molecule has 2 rings (SSSR count). The maximum Gasteiger partial charge on any atom is 0.262 e. The number of nitrogens with zero attached hydrogens (tertiary/aromatic N) is 1. The van der Waals surface area contributed by atoms with Crippen molar-refractivity contribution < 1.29 is 17.9 Å². The zero-order chi connectivity index (χ0) is 20.7. The number of amides is 1. The summed E-state index contributed by atoms with van der Waals surface area (Å²) in [5.41, 5.74) is 3.92. The number of aryl methyl sites for hydroxylation is 2. The van der Waals surface area contributed by atoms with Gasteiger partial charge in [-0.2, -0.15) is 0 Å². The highest BCUT2D eigenvalue weighted by atomic mass is 32.2. The monoisotopic (exact) mass is 404 g/mol. The normalized spacial score (nSPS) is 11.5. The van der Waals surface area contributed by atoms with Gasteiger partial charge in [0, 0.05) is 19.3 Å². The number of hydrogen-bond acceptors (Lipinski definition) is 4. The van der Waals surface area contributed by atoms with E-state index in [0.717, 1.165) is 35.2 Å². The molecule has 0 bridgehead atoms. The lowest BCUT2D eigenvalue weighted by Crippen LogP contribution is -2.24. The largest absolute Gasteiger partial charge is 0.484 e. The molecule has 2 aromatic carbocycles. The van der Waals surface area contributed by atoms with Crippen LogP contribution in [0.15, 0.2) is 42.5 Å². The van der Waals surface area contributed by atoms with Crippen molar-refractivity contribution in [2.24, 2.45) is 0 Å². The minimum absolute atomic E-state index is 0.0935. The first kappa shape index (κ1) is 21.9. The zero-order valence-electron chi connectivity index (χ0n) is 16.9. The van der Waals surface area contributed by atoms with Crippen molar-refractivity contribution in [3.63, 3.8) is 0 Å². The van der Waals surface area contributed by atoms with Crippen LogP contribution in [0.3, 0.4) is 0 Å². The molecule has 0 spiro atoms. The number of carbonyl (C=O) groups excluding carboxylic acids is 1. The topological polar surface area (TPSA) is 75.7 Å². The van der Waals surface area contributed by atoms with E-state index in [1.807, 2.05) is 18.2 Å². The fraction of sp³-hybridized carbons (Fsp3) is 0.381. The molecule has 0 atom stereocenters. The summed E-state index contributed by atoms with van der Waals surface area (Å²) in [5.74, 6) is 0.344. The Morgan fingerprint density at radius 2 is 1.61 bits per heavy atom. The lowest BCUT2D eigenvalue weighted by molar-refractivity contribution is -0.118. The Hall–Kier alpha value is -2.38. The van der Waals surface area contributed by atoms with Crippen LogP contribution in [0.1, 0.15) is 30.5 Å². The van der Waals surface area contributed by atoms with E-state index in [4.69, 9.17) is 4.74 Å². The Labute approximate surface area is 167 Å². The molecule has 0 unspecified atom stereocenters. The van der Waals surface area contributed by atoms with Crippen molar-refractivity contribution in [1.82, 2.24) is 4.31 Å². The van der Waals surface area contributed by atoms with Gasteiger partial charge in [-0.15, -0.1) is 0 Å². The number of hydrogen-bond donors (Lipinski definition) is 1. The number of nitrogens with one attached hydrogen (secondary N) is 1. The molecule has 2 aromatic rings. The second-order valence-electron chi connectivity index (χ2n) is 6.66. The third-order valence-corrected chi connectivity index (χ3v) is 5.79. The molecule has 0 radical (unpaired) electrons. The predicted molar refractivity (Wildman–Crippen MR) is 112 cm³/mol. The maximum atomic E-state index is 12.3. The van der Waals surface area contributed by atoms with E-state index in [2.05, 4.69) is 19.2 Å². The van der Waals surface area contributed by atoms with Gasteiger partial charge in [0.25, 0.3) is 5.91 Å². The molecular formula is C21H28N2O4S. The van der Waals surface area contributed by atoms with Gasteiger partial charge in [-0.05, 0) is 41.7 Å². The van der Waals surface area contributed by atoms with E-state index in [0.29, 0.717) is 5.75 Å². The molecule has 0 heterocycles. The van der Waals surface area contributed by atoms with Gasteiger partial charge in [0.05, 0.1) is 6.26 Å². The molecule has 1 amide bonds. The lowest BCUT2D eigenvalue weighted by Gasteiger charge is -2.15. The van der Waals surface area contributed by atoms with Crippen LogP contribution in [0, 0.1) is 0 Å². The Bertz CT molecular complexity index is 886. The fourth-order valence-corrected chi connectivity index (χ4v) is 3.18. The molecule has 0 aliphatic carbocycles. The summed E-state index contributed by atoms with van der Waals surface area (Å²) < 4.78 is 29.8. The highest BCUT2D eigenvalue weighted by Gasteiger charge is 2.12. The number of benzene rings is 2. The molecule has 152 valence electrons. The van der Waals surface area contributed by atoms with E-state index in [1.54, 1.807) is 24.3 Å². The molecular weight excluding hydrogens is 376 g/mol. The molecule has 0 fully saturated rings. The van der Waals surface area contributed by atoms with Gasteiger partial charge in [0.2, 0.25) is 10.0 Å². The van der Waals surface area contributed by atoms with Crippen LogP contribution in [-0.2, 0) is 34.2 Å². The van der Waals surface area contributed by atoms with E-state index in [-0.39, 0.29) is 19.1 Å². The van der Waals surface area contributed by atoms with Crippen molar-refractivity contribution >= 4 is 21.6 Å². The Morgan fingerprint density at radius 1 is 1.04 bits per heavy atom. The van der Waals surface area contributed by atoms with Crippen LogP contribution in [-0.4, -0.2) is 38.5 Å². The zero-order valence-corrected chi connectivity index (χ0v) is 17.7. The standard InChI is InChI=1S/C21H28N2O4S/c1-5-17-8-7-9-18(6-2)21(17)22-20(24)15-27-19-12-10-16(11-13-19)14-23(3)28(4,25)26/h7-13H,5-6,14-15H2,1-4H3,(H,22,24). The second kappa shape index (κ2) is 9.71. The molecule has 0 saturated carbocycles. The number of ether oxygens (including phenoxy) is 1. The smallest absolute Gasteiger partial charge is 0.262 e. The molecule has 7 heteroatoms. The minimum Gasteiger partial charge on any atom is -0.484 e. The molecule has 6 nitrogen and oxygen atoms in total. The summed E-state index contributed by atoms with van der Waals surface area (Å²) >= 11 is 0. The molecule has 28 heavy (non-hydrogen) atoms. The number of para-hydroxylation sites is 1. The first-order chi connectivity index (χ1) is 13.2. The molecule has 1 N–H and O–H groups in total. The minimum atomic E-state index is -3.22. The third-order valence-electron chi connectivity index (χ3n) is 4.53. The van der Waals surface area contributed by atoms with Gasteiger partial charge in [-0.3, -0.25) is 4.79 Å². The van der Waals surface area contributed by atoms with Crippen LogP contribution >= 0.6 is 0 Å². The molecule has 0 aliphatic rings. The van der Waals surface area contributed by atoms with Crippen molar-refractivity contribution in [3.05, 3.63) is 59.2 Å². The summed E-state index contributed by atoms with van der Waals surface area (Å²) in [4.78, 5) is 12.3.